The van der Waals surface area contributed by atoms with E-state index >= 15 is 0 Å². The van der Waals surface area contributed by atoms with Crippen LogP contribution in [0, 0.1) is 6.92 Å². The van der Waals surface area contributed by atoms with Gasteiger partial charge >= 0.3 is 5.97 Å². The molecule has 0 bridgehead atoms. The summed E-state index contributed by atoms with van der Waals surface area (Å²) in [6.07, 6.45) is 3.00. The topological polar surface area (TPSA) is 76.0 Å². The van der Waals surface area contributed by atoms with Gasteiger partial charge in [0, 0.05) is 18.1 Å². The quantitative estimate of drug-likeness (QED) is 0.836. The lowest BCUT2D eigenvalue weighted by Gasteiger charge is -2.00. The summed E-state index contributed by atoms with van der Waals surface area (Å²) >= 11 is 1.30. The van der Waals surface area contributed by atoms with Gasteiger partial charge in [-0.05, 0) is 36.9 Å². The average molecular weight is 247 g/mol. The molecular weight excluding hydrogens is 238 g/mol. The molecule has 2 rings (SSSR count). The molecule has 2 heterocycles. The molecule has 0 unspecified atom stereocenters. The standard InChI is InChI=1S/C11H9N3O2S/c1-7-4-5-12-11(14-7)17-9-3-2-8(6-13-9)10(15)16/h2-6H,1H3,(H,15,16). The van der Waals surface area contributed by atoms with Gasteiger partial charge in [0.15, 0.2) is 5.16 Å². The molecule has 5 nitrogen and oxygen atoms in total. The first-order valence-corrected chi connectivity index (χ1v) is 5.63. The van der Waals surface area contributed by atoms with E-state index < -0.39 is 5.97 Å². The maximum atomic E-state index is 10.6. The van der Waals surface area contributed by atoms with Crippen LogP contribution in [-0.2, 0) is 0 Å². The van der Waals surface area contributed by atoms with E-state index in [9.17, 15) is 4.79 Å². The fourth-order valence-corrected chi connectivity index (χ4v) is 1.87. The SMILES string of the molecule is Cc1ccnc(Sc2ccc(C(=O)O)cn2)n1. The monoisotopic (exact) mass is 247 g/mol. The van der Waals surface area contributed by atoms with Crippen LogP contribution in [0.25, 0.3) is 0 Å². The van der Waals surface area contributed by atoms with E-state index in [0.717, 1.165) is 5.69 Å². The average Bonchev–Trinajstić information content (AvgIpc) is 2.29. The zero-order chi connectivity index (χ0) is 12.3. The molecule has 0 aliphatic heterocycles. The molecule has 0 spiro atoms. The summed E-state index contributed by atoms with van der Waals surface area (Å²) in [6.45, 7) is 1.88. The van der Waals surface area contributed by atoms with Crippen molar-refractivity contribution >= 4 is 17.7 Å². The number of carboxylic acids is 1. The Labute approximate surface area is 102 Å². The maximum Gasteiger partial charge on any atom is 0.337 e. The van der Waals surface area contributed by atoms with Gasteiger partial charge in [0.2, 0.25) is 0 Å². The molecule has 0 atom stereocenters. The van der Waals surface area contributed by atoms with E-state index in [1.165, 1.54) is 24.0 Å². The second kappa shape index (κ2) is 4.92. The van der Waals surface area contributed by atoms with Gasteiger partial charge < -0.3 is 5.11 Å². The zero-order valence-electron chi connectivity index (χ0n) is 8.99. The highest BCUT2D eigenvalue weighted by Gasteiger charge is 2.05. The molecule has 0 saturated carbocycles. The minimum absolute atomic E-state index is 0.166. The van der Waals surface area contributed by atoms with E-state index in [4.69, 9.17) is 5.11 Å². The Kier molecular flexibility index (Phi) is 3.34. The smallest absolute Gasteiger partial charge is 0.337 e. The third-order valence-corrected chi connectivity index (χ3v) is 2.78. The van der Waals surface area contributed by atoms with Crippen molar-refractivity contribution in [3.05, 3.63) is 41.9 Å². The molecular formula is C11H9N3O2S. The second-order valence-electron chi connectivity index (χ2n) is 3.27. The van der Waals surface area contributed by atoms with E-state index in [1.807, 2.05) is 13.0 Å². The van der Waals surface area contributed by atoms with Crippen molar-refractivity contribution in [2.75, 3.05) is 0 Å². The Hall–Kier alpha value is -1.95. The van der Waals surface area contributed by atoms with Crippen LogP contribution in [-0.4, -0.2) is 26.0 Å². The lowest BCUT2D eigenvalue weighted by atomic mass is 10.3. The Balaban J connectivity index is 2.16. The van der Waals surface area contributed by atoms with Gasteiger partial charge in [-0.2, -0.15) is 0 Å². The number of hydrogen-bond acceptors (Lipinski definition) is 5. The summed E-state index contributed by atoms with van der Waals surface area (Å²) < 4.78 is 0. The summed E-state index contributed by atoms with van der Waals surface area (Å²) in [5, 5.41) is 10.00. The highest BCUT2D eigenvalue weighted by atomic mass is 32.2. The first-order chi connectivity index (χ1) is 8.15. The minimum Gasteiger partial charge on any atom is -0.478 e. The van der Waals surface area contributed by atoms with E-state index in [0.29, 0.717) is 10.2 Å². The summed E-state index contributed by atoms with van der Waals surface area (Å²) in [5.74, 6) is -0.985. The highest BCUT2D eigenvalue weighted by molar-refractivity contribution is 7.99. The maximum absolute atomic E-state index is 10.6. The van der Waals surface area contributed by atoms with Crippen LogP contribution in [0.4, 0.5) is 0 Å². The molecule has 0 aliphatic rings. The molecule has 0 fully saturated rings. The Bertz CT molecular complexity index is 543. The second-order valence-corrected chi connectivity index (χ2v) is 4.26. The van der Waals surface area contributed by atoms with Crippen molar-refractivity contribution in [3.63, 3.8) is 0 Å². The Morgan fingerprint density at radius 2 is 2.12 bits per heavy atom. The fourth-order valence-electron chi connectivity index (χ4n) is 1.14. The lowest BCUT2D eigenvalue weighted by molar-refractivity contribution is 0.0696. The van der Waals surface area contributed by atoms with Gasteiger partial charge in [0.1, 0.15) is 5.03 Å². The molecule has 0 amide bonds. The molecule has 0 aliphatic carbocycles. The highest BCUT2D eigenvalue weighted by Crippen LogP contribution is 2.22. The lowest BCUT2D eigenvalue weighted by Crippen LogP contribution is -1.97. The number of carboxylic acid groups (broad SMARTS) is 1. The number of hydrogen-bond donors (Lipinski definition) is 1. The number of aryl methyl sites for hydroxylation is 1. The van der Waals surface area contributed by atoms with Gasteiger partial charge in [-0.3, -0.25) is 0 Å². The van der Waals surface area contributed by atoms with Crippen LogP contribution in [0.5, 0.6) is 0 Å². The normalized spacial score (nSPS) is 10.2. The molecule has 0 saturated heterocycles. The van der Waals surface area contributed by atoms with Crippen LogP contribution in [0.3, 0.4) is 0 Å². The van der Waals surface area contributed by atoms with Crippen molar-refractivity contribution in [2.45, 2.75) is 17.1 Å². The Morgan fingerprint density at radius 3 is 2.71 bits per heavy atom. The van der Waals surface area contributed by atoms with Gasteiger partial charge in [0.25, 0.3) is 0 Å². The van der Waals surface area contributed by atoms with Crippen LogP contribution < -0.4 is 0 Å². The van der Waals surface area contributed by atoms with Gasteiger partial charge in [0.05, 0.1) is 5.56 Å². The third kappa shape index (κ3) is 3.01. The number of rotatable bonds is 3. The van der Waals surface area contributed by atoms with Crippen LogP contribution in [0.1, 0.15) is 16.1 Å². The van der Waals surface area contributed by atoms with Crippen molar-refractivity contribution < 1.29 is 9.90 Å². The molecule has 17 heavy (non-hydrogen) atoms. The van der Waals surface area contributed by atoms with Crippen LogP contribution in [0.2, 0.25) is 0 Å². The van der Waals surface area contributed by atoms with Crippen molar-refractivity contribution in [1.29, 1.82) is 0 Å². The summed E-state index contributed by atoms with van der Waals surface area (Å²) in [5.41, 5.74) is 1.05. The van der Waals surface area contributed by atoms with Gasteiger partial charge in [-0.25, -0.2) is 19.7 Å². The molecule has 0 radical (unpaired) electrons. The number of carbonyl (C=O) groups is 1. The molecule has 0 aromatic carbocycles. The number of nitrogens with zero attached hydrogens (tertiary/aromatic N) is 3. The van der Waals surface area contributed by atoms with Crippen LogP contribution >= 0.6 is 11.8 Å². The fraction of sp³-hybridized carbons (Fsp3) is 0.0909. The van der Waals surface area contributed by atoms with Gasteiger partial charge in [-0.1, -0.05) is 0 Å². The molecule has 2 aromatic heterocycles. The van der Waals surface area contributed by atoms with E-state index in [-0.39, 0.29) is 5.56 Å². The summed E-state index contributed by atoms with van der Waals surface area (Å²) in [6, 6.07) is 4.96. The Morgan fingerprint density at radius 1 is 1.29 bits per heavy atom. The molecule has 86 valence electrons. The summed E-state index contributed by atoms with van der Waals surface area (Å²) in [4.78, 5) is 23.0. The largest absolute Gasteiger partial charge is 0.478 e. The van der Waals surface area contributed by atoms with E-state index in [1.54, 1.807) is 12.3 Å². The van der Waals surface area contributed by atoms with Crippen molar-refractivity contribution in [2.24, 2.45) is 0 Å². The zero-order valence-corrected chi connectivity index (χ0v) is 9.81. The molecule has 2 aromatic rings. The predicted molar refractivity (Wildman–Crippen MR) is 62.1 cm³/mol. The minimum atomic E-state index is -0.985. The van der Waals surface area contributed by atoms with Crippen molar-refractivity contribution in [3.8, 4) is 0 Å². The van der Waals surface area contributed by atoms with Crippen molar-refractivity contribution in [1.82, 2.24) is 15.0 Å². The van der Waals surface area contributed by atoms with Crippen LogP contribution in [0.15, 0.2) is 40.8 Å². The van der Waals surface area contributed by atoms with E-state index in [2.05, 4.69) is 15.0 Å². The predicted octanol–water partition coefficient (Wildman–Crippen LogP) is 2.03. The third-order valence-electron chi connectivity index (χ3n) is 1.95. The molecule has 1 N–H and O–H groups in total. The first-order valence-electron chi connectivity index (χ1n) is 4.82. The first kappa shape index (κ1) is 11.5. The summed E-state index contributed by atoms with van der Waals surface area (Å²) in [7, 11) is 0. The number of aromatic nitrogens is 3. The molecule has 6 heteroatoms. The number of aromatic carboxylic acids is 1. The number of pyridine rings is 1. The van der Waals surface area contributed by atoms with Gasteiger partial charge in [-0.15, -0.1) is 0 Å².